The van der Waals surface area contributed by atoms with Crippen molar-refractivity contribution in [3.8, 4) is 5.69 Å². The van der Waals surface area contributed by atoms with Crippen LogP contribution < -0.4 is 10.7 Å². The van der Waals surface area contributed by atoms with Gasteiger partial charge in [0, 0.05) is 17.8 Å². The Bertz CT molecular complexity index is 812. The predicted molar refractivity (Wildman–Crippen MR) is 84.2 cm³/mol. The summed E-state index contributed by atoms with van der Waals surface area (Å²) in [6.45, 7) is 3.56. The summed E-state index contributed by atoms with van der Waals surface area (Å²) in [6, 6.07) is 7.41. The van der Waals surface area contributed by atoms with Crippen LogP contribution in [0.3, 0.4) is 0 Å². The SMILES string of the molecule is Cc1cc(=O)c(C(=O)NC(C)C2CC2)nn1-c1ccccc1F. The van der Waals surface area contributed by atoms with Gasteiger partial charge in [-0.05, 0) is 44.7 Å². The number of hydrogen-bond acceptors (Lipinski definition) is 3. The van der Waals surface area contributed by atoms with Gasteiger partial charge in [0.2, 0.25) is 5.43 Å². The van der Waals surface area contributed by atoms with Crippen LogP contribution in [-0.2, 0) is 0 Å². The third kappa shape index (κ3) is 3.16. The van der Waals surface area contributed by atoms with Crippen LogP contribution in [0.4, 0.5) is 4.39 Å². The second-order valence-electron chi connectivity index (χ2n) is 5.96. The first-order valence-electron chi connectivity index (χ1n) is 7.64. The largest absolute Gasteiger partial charge is 0.348 e. The molecule has 1 saturated carbocycles. The molecule has 1 fully saturated rings. The monoisotopic (exact) mass is 315 g/mol. The molecule has 1 aromatic carbocycles. The van der Waals surface area contributed by atoms with Gasteiger partial charge in [-0.25, -0.2) is 9.07 Å². The molecule has 5 nitrogen and oxygen atoms in total. The number of aromatic nitrogens is 2. The number of hydrogen-bond donors (Lipinski definition) is 1. The van der Waals surface area contributed by atoms with Crippen LogP contribution in [0.1, 0.15) is 35.9 Å². The zero-order valence-electron chi connectivity index (χ0n) is 13.0. The Hall–Kier alpha value is -2.50. The topological polar surface area (TPSA) is 64.0 Å². The van der Waals surface area contributed by atoms with Gasteiger partial charge in [0.15, 0.2) is 5.69 Å². The van der Waals surface area contributed by atoms with E-state index in [2.05, 4.69) is 10.4 Å². The number of rotatable bonds is 4. The van der Waals surface area contributed by atoms with Crippen molar-refractivity contribution < 1.29 is 9.18 Å². The van der Waals surface area contributed by atoms with Crippen molar-refractivity contribution in [1.82, 2.24) is 15.1 Å². The van der Waals surface area contributed by atoms with Gasteiger partial charge in [0.05, 0.1) is 0 Å². The summed E-state index contributed by atoms with van der Waals surface area (Å²) < 4.78 is 15.3. The van der Waals surface area contributed by atoms with Crippen molar-refractivity contribution in [3.63, 3.8) is 0 Å². The summed E-state index contributed by atoms with van der Waals surface area (Å²) in [5, 5.41) is 6.89. The van der Waals surface area contributed by atoms with E-state index in [1.807, 2.05) is 6.92 Å². The Kier molecular flexibility index (Phi) is 3.98. The quantitative estimate of drug-likeness (QED) is 0.941. The third-order valence-corrected chi connectivity index (χ3v) is 4.09. The van der Waals surface area contributed by atoms with Crippen LogP contribution in [0, 0.1) is 18.7 Å². The fourth-order valence-corrected chi connectivity index (χ4v) is 2.56. The Labute approximate surface area is 133 Å². The van der Waals surface area contributed by atoms with E-state index in [1.165, 1.54) is 16.8 Å². The average Bonchev–Trinajstić information content (AvgIpc) is 3.33. The van der Waals surface area contributed by atoms with Gasteiger partial charge in [-0.15, -0.1) is 0 Å². The normalized spacial score (nSPS) is 15.3. The molecular formula is C17H18FN3O2. The van der Waals surface area contributed by atoms with E-state index in [4.69, 9.17) is 0 Å². The second kappa shape index (κ2) is 5.95. The van der Waals surface area contributed by atoms with Crippen LogP contribution in [-0.4, -0.2) is 21.7 Å². The minimum absolute atomic E-state index is 0.00640. The molecule has 0 saturated heterocycles. The number of amides is 1. The molecule has 1 aliphatic rings. The first kappa shape index (κ1) is 15.4. The smallest absolute Gasteiger partial charge is 0.276 e. The van der Waals surface area contributed by atoms with Gasteiger partial charge in [-0.1, -0.05) is 12.1 Å². The highest BCUT2D eigenvalue weighted by molar-refractivity contribution is 5.92. The van der Waals surface area contributed by atoms with Gasteiger partial charge in [0.25, 0.3) is 5.91 Å². The Morgan fingerprint density at radius 3 is 2.74 bits per heavy atom. The Morgan fingerprint density at radius 2 is 2.09 bits per heavy atom. The predicted octanol–water partition coefficient (Wildman–Crippen LogP) is 2.21. The van der Waals surface area contributed by atoms with Crippen LogP contribution >= 0.6 is 0 Å². The number of nitrogens with one attached hydrogen (secondary N) is 1. The maximum atomic E-state index is 14.0. The molecule has 0 radical (unpaired) electrons. The number of carbonyl (C=O) groups is 1. The van der Waals surface area contributed by atoms with Crippen LogP contribution in [0.15, 0.2) is 35.1 Å². The number of nitrogens with zero attached hydrogens (tertiary/aromatic N) is 2. The number of halogens is 1. The summed E-state index contributed by atoms with van der Waals surface area (Å²) in [7, 11) is 0. The summed E-state index contributed by atoms with van der Waals surface area (Å²) in [5.74, 6) is -0.512. The lowest BCUT2D eigenvalue weighted by Gasteiger charge is -2.14. The molecule has 6 heteroatoms. The second-order valence-corrected chi connectivity index (χ2v) is 5.96. The molecule has 1 heterocycles. The number of benzene rings is 1. The summed E-state index contributed by atoms with van der Waals surface area (Å²) in [6.07, 6.45) is 2.17. The average molecular weight is 315 g/mol. The number of aryl methyl sites for hydroxylation is 1. The highest BCUT2D eigenvalue weighted by Gasteiger charge is 2.30. The molecule has 1 atom stereocenters. The van der Waals surface area contributed by atoms with Crippen molar-refractivity contribution in [2.24, 2.45) is 5.92 Å². The minimum Gasteiger partial charge on any atom is -0.348 e. The summed E-state index contributed by atoms with van der Waals surface area (Å²) in [4.78, 5) is 24.4. The molecule has 0 bridgehead atoms. The van der Waals surface area contributed by atoms with Gasteiger partial charge in [-0.3, -0.25) is 9.59 Å². The molecule has 1 unspecified atom stereocenters. The van der Waals surface area contributed by atoms with Crippen molar-refractivity contribution in [2.75, 3.05) is 0 Å². The third-order valence-electron chi connectivity index (χ3n) is 4.09. The highest BCUT2D eigenvalue weighted by atomic mass is 19.1. The molecule has 23 heavy (non-hydrogen) atoms. The fourth-order valence-electron chi connectivity index (χ4n) is 2.56. The zero-order valence-corrected chi connectivity index (χ0v) is 13.0. The Balaban J connectivity index is 1.98. The van der Waals surface area contributed by atoms with Crippen molar-refractivity contribution >= 4 is 5.91 Å². The molecule has 1 aliphatic carbocycles. The van der Waals surface area contributed by atoms with E-state index in [1.54, 1.807) is 25.1 Å². The van der Waals surface area contributed by atoms with E-state index >= 15 is 0 Å². The molecule has 1 aromatic heterocycles. The molecule has 0 spiro atoms. The molecule has 2 aromatic rings. The van der Waals surface area contributed by atoms with E-state index in [0.717, 1.165) is 12.8 Å². The molecule has 1 N–H and O–H groups in total. The van der Waals surface area contributed by atoms with Crippen LogP contribution in [0.5, 0.6) is 0 Å². The maximum Gasteiger partial charge on any atom is 0.276 e. The molecular weight excluding hydrogens is 297 g/mol. The van der Waals surface area contributed by atoms with Gasteiger partial charge in [-0.2, -0.15) is 5.10 Å². The van der Waals surface area contributed by atoms with Gasteiger partial charge < -0.3 is 5.32 Å². The summed E-state index contributed by atoms with van der Waals surface area (Å²) >= 11 is 0. The minimum atomic E-state index is -0.514. The van der Waals surface area contributed by atoms with Crippen LogP contribution in [0.2, 0.25) is 0 Å². The van der Waals surface area contributed by atoms with E-state index in [9.17, 15) is 14.0 Å². The highest BCUT2D eigenvalue weighted by Crippen LogP contribution is 2.32. The molecule has 0 aliphatic heterocycles. The number of para-hydroxylation sites is 1. The van der Waals surface area contributed by atoms with Crippen molar-refractivity contribution in [3.05, 3.63) is 57.8 Å². The van der Waals surface area contributed by atoms with Crippen molar-refractivity contribution in [2.45, 2.75) is 32.7 Å². The van der Waals surface area contributed by atoms with E-state index in [0.29, 0.717) is 11.6 Å². The van der Waals surface area contributed by atoms with Gasteiger partial charge >= 0.3 is 0 Å². The lowest BCUT2D eigenvalue weighted by molar-refractivity contribution is 0.0927. The van der Waals surface area contributed by atoms with E-state index in [-0.39, 0.29) is 17.4 Å². The molecule has 120 valence electrons. The number of carbonyl (C=O) groups excluding carboxylic acids is 1. The lowest BCUT2D eigenvalue weighted by Crippen LogP contribution is -2.38. The fraction of sp³-hybridized carbons (Fsp3) is 0.353. The Morgan fingerprint density at radius 1 is 1.39 bits per heavy atom. The lowest BCUT2D eigenvalue weighted by atomic mass is 10.2. The summed E-state index contributed by atoms with van der Waals surface area (Å²) in [5.41, 5.74) is -0.0110. The maximum absolute atomic E-state index is 14.0. The molecule has 3 rings (SSSR count). The first-order valence-corrected chi connectivity index (χ1v) is 7.64. The van der Waals surface area contributed by atoms with Crippen molar-refractivity contribution in [1.29, 1.82) is 0 Å². The van der Waals surface area contributed by atoms with Gasteiger partial charge in [0.1, 0.15) is 11.5 Å². The zero-order chi connectivity index (χ0) is 16.6. The van der Waals surface area contributed by atoms with E-state index < -0.39 is 17.2 Å². The first-order chi connectivity index (χ1) is 11.0. The molecule has 1 amide bonds. The standard InChI is InChI=1S/C17H18FN3O2/c1-10-9-15(22)16(17(23)19-11(2)12-7-8-12)20-21(10)14-6-4-3-5-13(14)18/h3-6,9,11-12H,7-8H2,1-2H3,(H,19,23). The van der Waals surface area contributed by atoms with Crippen LogP contribution in [0.25, 0.3) is 5.69 Å².